The number of amides is 1. The van der Waals surface area contributed by atoms with Crippen LogP contribution in [0.25, 0.3) is 0 Å². The molecule has 0 aliphatic rings. The van der Waals surface area contributed by atoms with Gasteiger partial charge in [-0.2, -0.15) is 0 Å². The fourth-order valence-corrected chi connectivity index (χ4v) is 2.57. The summed E-state index contributed by atoms with van der Waals surface area (Å²) < 4.78 is 0.952. The van der Waals surface area contributed by atoms with Crippen LogP contribution in [0.2, 0.25) is 0 Å². The average Bonchev–Trinajstić information content (AvgIpc) is 2.65. The molecule has 126 valence electrons. The van der Waals surface area contributed by atoms with Crippen LogP contribution in [-0.2, 0) is 0 Å². The third-order valence-corrected chi connectivity index (χ3v) is 4.19. The van der Waals surface area contributed by atoms with Crippen molar-refractivity contribution < 1.29 is 4.79 Å². The maximum atomic E-state index is 12.2. The number of carbonyl (C=O) groups is 1. The van der Waals surface area contributed by atoms with Crippen LogP contribution in [0.5, 0.6) is 0 Å². The third-order valence-electron chi connectivity index (χ3n) is 3.66. The smallest absolute Gasteiger partial charge is 0.276 e. The van der Waals surface area contributed by atoms with Crippen molar-refractivity contribution in [2.45, 2.75) is 13.0 Å². The van der Waals surface area contributed by atoms with E-state index in [1.165, 1.54) is 0 Å². The molecular formula is C19H17BrN4O. The summed E-state index contributed by atoms with van der Waals surface area (Å²) in [5.41, 5.74) is 2.12. The highest BCUT2D eigenvalue weighted by Crippen LogP contribution is 2.17. The summed E-state index contributed by atoms with van der Waals surface area (Å²) >= 11 is 3.36. The zero-order valence-corrected chi connectivity index (χ0v) is 15.2. The molecule has 2 aromatic carbocycles. The van der Waals surface area contributed by atoms with Crippen LogP contribution >= 0.6 is 15.9 Å². The molecule has 0 saturated carbocycles. The van der Waals surface area contributed by atoms with Gasteiger partial charge in [0.2, 0.25) is 0 Å². The molecule has 3 rings (SSSR count). The van der Waals surface area contributed by atoms with Crippen LogP contribution < -0.4 is 10.6 Å². The Morgan fingerprint density at radius 3 is 2.32 bits per heavy atom. The van der Waals surface area contributed by atoms with E-state index in [2.05, 4.69) is 36.8 Å². The number of hydrogen-bond donors (Lipinski definition) is 2. The van der Waals surface area contributed by atoms with E-state index in [0.29, 0.717) is 11.5 Å². The molecule has 0 fully saturated rings. The van der Waals surface area contributed by atoms with Gasteiger partial charge in [-0.3, -0.25) is 4.79 Å². The molecule has 1 unspecified atom stereocenters. The molecule has 0 radical (unpaired) electrons. The fraction of sp³-hybridized carbons (Fsp3) is 0.105. The van der Waals surface area contributed by atoms with Crippen LogP contribution in [0.15, 0.2) is 71.2 Å². The van der Waals surface area contributed by atoms with Gasteiger partial charge in [-0.1, -0.05) is 46.3 Å². The van der Waals surface area contributed by atoms with E-state index in [9.17, 15) is 4.79 Å². The summed E-state index contributed by atoms with van der Waals surface area (Å²) in [7, 11) is 0. The monoisotopic (exact) mass is 396 g/mol. The van der Waals surface area contributed by atoms with Crippen LogP contribution in [-0.4, -0.2) is 16.1 Å². The SMILES string of the molecule is CC(Nc1ccc(C(=O)Nc2ccc(Br)cc2)nn1)c1ccccc1. The van der Waals surface area contributed by atoms with Gasteiger partial charge in [0.25, 0.3) is 5.91 Å². The van der Waals surface area contributed by atoms with Gasteiger partial charge in [0.05, 0.1) is 0 Å². The van der Waals surface area contributed by atoms with Gasteiger partial charge in [-0.25, -0.2) is 0 Å². The highest BCUT2D eigenvalue weighted by molar-refractivity contribution is 9.10. The van der Waals surface area contributed by atoms with Crippen molar-refractivity contribution in [2.24, 2.45) is 0 Å². The van der Waals surface area contributed by atoms with E-state index in [1.54, 1.807) is 12.1 Å². The third kappa shape index (κ3) is 4.64. The molecule has 0 spiro atoms. The molecule has 2 N–H and O–H groups in total. The van der Waals surface area contributed by atoms with Crippen molar-refractivity contribution in [1.82, 2.24) is 10.2 Å². The molecule has 1 atom stereocenters. The Bertz CT molecular complexity index is 836. The second-order valence-corrected chi connectivity index (χ2v) is 6.46. The molecule has 1 heterocycles. The fourth-order valence-electron chi connectivity index (χ4n) is 2.31. The number of carbonyl (C=O) groups excluding carboxylic acids is 1. The van der Waals surface area contributed by atoms with Crippen molar-refractivity contribution in [1.29, 1.82) is 0 Å². The molecule has 1 aromatic heterocycles. The first kappa shape index (κ1) is 17.1. The van der Waals surface area contributed by atoms with Crippen molar-refractivity contribution in [3.8, 4) is 0 Å². The van der Waals surface area contributed by atoms with Crippen molar-refractivity contribution in [2.75, 3.05) is 10.6 Å². The number of nitrogens with one attached hydrogen (secondary N) is 2. The van der Waals surface area contributed by atoms with Crippen LogP contribution in [0, 0.1) is 0 Å². The van der Waals surface area contributed by atoms with Gasteiger partial charge in [-0.15, -0.1) is 10.2 Å². The maximum Gasteiger partial charge on any atom is 0.276 e. The number of rotatable bonds is 5. The first-order chi connectivity index (χ1) is 12.1. The van der Waals surface area contributed by atoms with E-state index < -0.39 is 0 Å². The highest BCUT2D eigenvalue weighted by Gasteiger charge is 2.10. The number of nitrogens with zero attached hydrogens (tertiary/aromatic N) is 2. The van der Waals surface area contributed by atoms with Gasteiger partial charge >= 0.3 is 0 Å². The Morgan fingerprint density at radius 1 is 0.960 bits per heavy atom. The van der Waals surface area contributed by atoms with Crippen molar-refractivity contribution in [3.63, 3.8) is 0 Å². The minimum atomic E-state index is -0.294. The minimum absolute atomic E-state index is 0.0953. The van der Waals surface area contributed by atoms with Crippen LogP contribution in [0.1, 0.15) is 29.0 Å². The molecule has 0 bridgehead atoms. The quantitative estimate of drug-likeness (QED) is 0.657. The standard InChI is InChI=1S/C19H17BrN4O/c1-13(14-5-3-2-4-6-14)21-18-12-11-17(23-24-18)19(25)22-16-9-7-15(20)8-10-16/h2-13H,1H3,(H,21,24)(H,22,25). The van der Waals surface area contributed by atoms with Crippen LogP contribution in [0.3, 0.4) is 0 Å². The molecule has 3 aromatic rings. The largest absolute Gasteiger partial charge is 0.362 e. The lowest BCUT2D eigenvalue weighted by Crippen LogP contribution is -2.15. The summed E-state index contributed by atoms with van der Waals surface area (Å²) in [6.45, 7) is 2.05. The normalized spacial score (nSPS) is 11.6. The summed E-state index contributed by atoms with van der Waals surface area (Å²) in [5, 5.41) is 14.2. The van der Waals surface area contributed by atoms with Crippen molar-refractivity contribution in [3.05, 3.63) is 82.5 Å². The summed E-state index contributed by atoms with van der Waals surface area (Å²) in [4.78, 5) is 12.2. The molecule has 5 nitrogen and oxygen atoms in total. The second kappa shape index (κ2) is 7.90. The van der Waals surface area contributed by atoms with E-state index in [4.69, 9.17) is 0 Å². The topological polar surface area (TPSA) is 66.9 Å². The van der Waals surface area contributed by atoms with E-state index in [-0.39, 0.29) is 17.6 Å². The molecule has 25 heavy (non-hydrogen) atoms. The molecular weight excluding hydrogens is 380 g/mol. The Labute approximate surface area is 154 Å². The molecule has 0 aliphatic heterocycles. The van der Waals surface area contributed by atoms with E-state index >= 15 is 0 Å². The molecule has 0 aliphatic carbocycles. The summed E-state index contributed by atoms with van der Waals surface area (Å²) in [6.07, 6.45) is 0. The first-order valence-corrected chi connectivity index (χ1v) is 8.63. The van der Waals surface area contributed by atoms with Gasteiger partial charge in [0.1, 0.15) is 5.82 Å². The first-order valence-electron chi connectivity index (χ1n) is 7.84. The van der Waals surface area contributed by atoms with Gasteiger partial charge in [0.15, 0.2) is 5.69 Å². The molecule has 1 amide bonds. The predicted octanol–water partition coefficient (Wildman–Crippen LogP) is 4.66. The zero-order valence-electron chi connectivity index (χ0n) is 13.6. The predicted molar refractivity (Wildman–Crippen MR) is 103 cm³/mol. The summed E-state index contributed by atoms with van der Waals surface area (Å²) in [5.74, 6) is 0.328. The Morgan fingerprint density at radius 2 is 1.68 bits per heavy atom. The van der Waals surface area contributed by atoms with Gasteiger partial charge < -0.3 is 10.6 Å². The van der Waals surface area contributed by atoms with E-state index in [0.717, 1.165) is 10.0 Å². The lowest BCUT2D eigenvalue weighted by atomic mass is 10.1. The second-order valence-electron chi connectivity index (χ2n) is 5.54. The van der Waals surface area contributed by atoms with Gasteiger partial charge in [0, 0.05) is 16.2 Å². The number of aromatic nitrogens is 2. The molecule has 0 saturated heterocycles. The highest BCUT2D eigenvalue weighted by atomic mass is 79.9. The lowest BCUT2D eigenvalue weighted by molar-refractivity contribution is 0.102. The maximum absolute atomic E-state index is 12.2. The van der Waals surface area contributed by atoms with Crippen molar-refractivity contribution >= 4 is 33.3 Å². The molecule has 6 heteroatoms. The Balaban J connectivity index is 1.63. The minimum Gasteiger partial charge on any atom is -0.362 e. The summed E-state index contributed by atoms with van der Waals surface area (Å²) in [6, 6.07) is 20.9. The number of anilines is 2. The average molecular weight is 397 g/mol. The number of hydrogen-bond acceptors (Lipinski definition) is 4. The zero-order chi connectivity index (χ0) is 17.6. The Kier molecular flexibility index (Phi) is 5.40. The number of benzene rings is 2. The van der Waals surface area contributed by atoms with E-state index in [1.807, 2.05) is 61.5 Å². The number of halogens is 1. The van der Waals surface area contributed by atoms with Gasteiger partial charge in [-0.05, 0) is 48.9 Å². The lowest BCUT2D eigenvalue weighted by Gasteiger charge is -2.14. The Hall–Kier alpha value is -2.73. The van der Waals surface area contributed by atoms with Crippen LogP contribution in [0.4, 0.5) is 11.5 Å².